The van der Waals surface area contributed by atoms with Gasteiger partial charge in [0.15, 0.2) is 0 Å². The van der Waals surface area contributed by atoms with E-state index in [4.69, 9.17) is 5.73 Å². The number of anilines is 1. The van der Waals surface area contributed by atoms with Crippen molar-refractivity contribution < 1.29 is 9.59 Å². The summed E-state index contributed by atoms with van der Waals surface area (Å²) in [5.41, 5.74) is 5.66. The summed E-state index contributed by atoms with van der Waals surface area (Å²) in [4.78, 5) is 22.6. The number of nitrogens with one attached hydrogen (secondary N) is 2. The van der Waals surface area contributed by atoms with Gasteiger partial charge in [0.25, 0.3) is 0 Å². The third kappa shape index (κ3) is 4.86. The lowest BCUT2D eigenvalue weighted by molar-refractivity contribution is -0.118. The van der Waals surface area contributed by atoms with Gasteiger partial charge in [-0.3, -0.25) is 14.3 Å². The maximum atomic E-state index is 11.8. The SMILES string of the molecule is NC(=O)Cn1cc(NC(=O)CSC2CCNCC2)cn1. The molecule has 2 heterocycles. The second kappa shape index (κ2) is 7.30. The van der Waals surface area contributed by atoms with Crippen molar-refractivity contribution in [1.82, 2.24) is 15.1 Å². The Morgan fingerprint density at radius 3 is 2.95 bits per heavy atom. The summed E-state index contributed by atoms with van der Waals surface area (Å²) < 4.78 is 1.40. The van der Waals surface area contributed by atoms with E-state index in [1.54, 1.807) is 18.0 Å². The first kappa shape index (κ1) is 14.9. The van der Waals surface area contributed by atoms with Gasteiger partial charge < -0.3 is 16.4 Å². The maximum absolute atomic E-state index is 11.8. The lowest BCUT2D eigenvalue weighted by Crippen LogP contribution is -2.30. The predicted molar refractivity (Wildman–Crippen MR) is 78.4 cm³/mol. The Hall–Kier alpha value is -1.54. The van der Waals surface area contributed by atoms with Crippen molar-refractivity contribution in [3.8, 4) is 0 Å². The van der Waals surface area contributed by atoms with Gasteiger partial charge in [-0.1, -0.05) is 0 Å². The van der Waals surface area contributed by atoms with Crippen LogP contribution in [0.4, 0.5) is 5.69 Å². The lowest BCUT2D eigenvalue weighted by atomic mass is 10.2. The maximum Gasteiger partial charge on any atom is 0.239 e. The molecule has 110 valence electrons. The van der Waals surface area contributed by atoms with Gasteiger partial charge in [-0.05, 0) is 25.9 Å². The average Bonchev–Trinajstić information content (AvgIpc) is 2.84. The zero-order valence-corrected chi connectivity index (χ0v) is 12.0. The molecule has 0 atom stereocenters. The van der Waals surface area contributed by atoms with E-state index in [-0.39, 0.29) is 12.5 Å². The molecule has 0 aromatic carbocycles. The summed E-state index contributed by atoms with van der Waals surface area (Å²) in [6, 6.07) is 0. The van der Waals surface area contributed by atoms with Crippen LogP contribution in [0.25, 0.3) is 0 Å². The van der Waals surface area contributed by atoms with Crippen LogP contribution in [0, 0.1) is 0 Å². The number of rotatable bonds is 6. The summed E-state index contributed by atoms with van der Waals surface area (Å²) >= 11 is 1.69. The van der Waals surface area contributed by atoms with E-state index < -0.39 is 5.91 Å². The molecule has 0 bridgehead atoms. The van der Waals surface area contributed by atoms with Crippen molar-refractivity contribution in [2.24, 2.45) is 5.73 Å². The molecule has 1 aromatic rings. The van der Waals surface area contributed by atoms with E-state index in [2.05, 4.69) is 15.7 Å². The van der Waals surface area contributed by atoms with E-state index in [0.717, 1.165) is 25.9 Å². The van der Waals surface area contributed by atoms with Gasteiger partial charge in [0.1, 0.15) is 6.54 Å². The van der Waals surface area contributed by atoms with E-state index >= 15 is 0 Å². The Kier molecular flexibility index (Phi) is 5.42. The molecular formula is C12H19N5O2S. The minimum atomic E-state index is -0.465. The first-order valence-corrected chi connectivity index (χ1v) is 7.61. The number of aromatic nitrogens is 2. The van der Waals surface area contributed by atoms with Crippen molar-refractivity contribution >= 4 is 29.3 Å². The quantitative estimate of drug-likeness (QED) is 0.674. The van der Waals surface area contributed by atoms with Crippen molar-refractivity contribution in [2.45, 2.75) is 24.6 Å². The average molecular weight is 297 g/mol. The highest BCUT2D eigenvalue weighted by Gasteiger charge is 2.15. The molecule has 0 aliphatic carbocycles. The molecule has 1 aliphatic rings. The van der Waals surface area contributed by atoms with E-state index in [1.807, 2.05) is 0 Å². The van der Waals surface area contributed by atoms with Crippen LogP contribution in [-0.2, 0) is 16.1 Å². The Bertz CT molecular complexity index is 470. The number of primary amides is 1. The highest BCUT2D eigenvalue weighted by molar-refractivity contribution is 8.00. The molecule has 8 heteroatoms. The number of carbonyl (C=O) groups excluding carboxylic acids is 2. The number of carbonyl (C=O) groups is 2. The molecule has 1 aromatic heterocycles. The van der Waals surface area contributed by atoms with Crippen LogP contribution in [0.1, 0.15) is 12.8 Å². The Morgan fingerprint density at radius 2 is 2.25 bits per heavy atom. The summed E-state index contributed by atoms with van der Waals surface area (Å²) in [7, 11) is 0. The van der Waals surface area contributed by atoms with Gasteiger partial charge in [-0.25, -0.2) is 0 Å². The smallest absolute Gasteiger partial charge is 0.239 e. The molecule has 1 aliphatic heterocycles. The molecule has 4 N–H and O–H groups in total. The van der Waals surface area contributed by atoms with Crippen molar-refractivity contribution in [2.75, 3.05) is 24.2 Å². The molecule has 0 saturated carbocycles. The molecule has 2 amide bonds. The third-order valence-corrected chi connectivity index (χ3v) is 4.34. The fourth-order valence-electron chi connectivity index (χ4n) is 2.03. The van der Waals surface area contributed by atoms with Crippen LogP contribution in [0.5, 0.6) is 0 Å². The number of piperidine rings is 1. The standard InChI is InChI=1S/C12H19N5O2S/c13-11(18)7-17-6-9(5-15-17)16-12(19)8-20-10-1-3-14-4-2-10/h5-6,10,14H,1-4,7-8H2,(H2,13,18)(H,16,19). The topological polar surface area (TPSA) is 102 Å². The highest BCUT2D eigenvalue weighted by Crippen LogP contribution is 2.20. The molecular weight excluding hydrogens is 278 g/mol. The zero-order chi connectivity index (χ0) is 14.4. The number of hydrogen-bond donors (Lipinski definition) is 3. The molecule has 2 rings (SSSR count). The van der Waals surface area contributed by atoms with E-state index in [0.29, 0.717) is 16.7 Å². The van der Waals surface area contributed by atoms with Crippen molar-refractivity contribution in [1.29, 1.82) is 0 Å². The Labute approximate surface area is 121 Å². The molecule has 7 nitrogen and oxygen atoms in total. The van der Waals surface area contributed by atoms with Crippen LogP contribution in [0.2, 0.25) is 0 Å². The summed E-state index contributed by atoms with van der Waals surface area (Å²) in [6.45, 7) is 2.07. The monoisotopic (exact) mass is 297 g/mol. The second-order valence-corrected chi connectivity index (χ2v) is 5.99. The number of hydrogen-bond acceptors (Lipinski definition) is 5. The van der Waals surface area contributed by atoms with Crippen LogP contribution < -0.4 is 16.4 Å². The van der Waals surface area contributed by atoms with Crippen LogP contribution in [0.15, 0.2) is 12.4 Å². The summed E-state index contributed by atoms with van der Waals surface area (Å²) in [5, 5.41) is 10.6. The lowest BCUT2D eigenvalue weighted by Gasteiger charge is -2.21. The summed E-state index contributed by atoms with van der Waals surface area (Å²) in [6.07, 6.45) is 5.32. The Morgan fingerprint density at radius 1 is 1.50 bits per heavy atom. The van der Waals surface area contributed by atoms with Gasteiger partial charge in [-0.2, -0.15) is 5.10 Å². The predicted octanol–water partition coefficient (Wildman–Crippen LogP) is -0.208. The molecule has 0 spiro atoms. The first-order valence-electron chi connectivity index (χ1n) is 6.56. The highest BCUT2D eigenvalue weighted by atomic mass is 32.2. The minimum Gasteiger partial charge on any atom is -0.368 e. The molecule has 0 radical (unpaired) electrons. The second-order valence-electron chi connectivity index (χ2n) is 4.70. The van der Waals surface area contributed by atoms with Crippen molar-refractivity contribution in [3.05, 3.63) is 12.4 Å². The van der Waals surface area contributed by atoms with E-state index in [9.17, 15) is 9.59 Å². The van der Waals surface area contributed by atoms with Gasteiger partial charge in [-0.15, -0.1) is 11.8 Å². The number of amides is 2. The summed E-state index contributed by atoms with van der Waals surface area (Å²) in [5.74, 6) is -0.0781. The molecule has 0 unspecified atom stereocenters. The fourth-order valence-corrected chi connectivity index (χ4v) is 3.06. The van der Waals surface area contributed by atoms with Gasteiger partial charge in [0.2, 0.25) is 11.8 Å². The third-order valence-electron chi connectivity index (χ3n) is 2.97. The van der Waals surface area contributed by atoms with Crippen molar-refractivity contribution in [3.63, 3.8) is 0 Å². The van der Waals surface area contributed by atoms with Crippen LogP contribution in [-0.4, -0.2) is 45.7 Å². The number of thioether (sulfide) groups is 1. The molecule has 1 fully saturated rings. The van der Waals surface area contributed by atoms with Gasteiger partial charge >= 0.3 is 0 Å². The fraction of sp³-hybridized carbons (Fsp3) is 0.583. The molecule has 20 heavy (non-hydrogen) atoms. The Balaban J connectivity index is 1.73. The van der Waals surface area contributed by atoms with Gasteiger partial charge in [0.05, 0.1) is 17.6 Å². The van der Waals surface area contributed by atoms with E-state index in [1.165, 1.54) is 10.9 Å². The number of nitrogens with zero attached hydrogens (tertiary/aromatic N) is 2. The molecule has 1 saturated heterocycles. The van der Waals surface area contributed by atoms with Gasteiger partial charge in [0, 0.05) is 11.4 Å². The zero-order valence-electron chi connectivity index (χ0n) is 11.2. The van der Waals surface area contributed by atoms with Crippen LogP contribution in [0.3, 0.4) is 0 Å². The normalized spacial score (nSPS) is 16.0. The first-order chi connectivity index (χ1) is 9.63. The number of nitrogens with two attached hydrogens (primary N) is 1. The largest absolute Gasteiger partial charge is 0.368 e. The van der Waals surface area contributed by atoms with Crippen LogP contribution >= 0.6 is 11.8 Å². The minimum absolute atomic E-state index is 0.0136.